The SMILES string of the molecule is CCCc1cc(CNC)c(F)c(F)c1N(C)CCC.FC1CCCCC1. The fourth-order valence-electron chi connectivity index (χ4n) is 3.42. The predicted octanol–water partition coefficient (Wildman–Crippen LogP) is 5.77. The number of hydrogen-bond donors (Lipinski definition) is 1. The number of hydrogen-bond acceptors (Lipinski definition) is 2. The molecule has 0 aromatic heterocycles. The summed E-state index contributed by atoms with van der Waals surface area (Å²) in [5.74, 6) is -1.45. The van der Waals surface area contributed by atoms with Crippen molar-refractivity contribution in [2.45, 2.75) is 77.9 Å². The quantitative estimate of drug-likeness (QED) is 0.653. The van der Waals surface area contributed by atoms with Gasteiger partial charge >= 0.3 is 0 Å². The van der Waals surface area contributed by atoms with Gasteiger partial charge in [0.1, 0.15) is 6.17 Å². The highest BCUT2D eigenvalue weighted by molar-refractivity contribution is 5.56. The van der Waals surface area contributed by atoms with Crippen LogP contribution in [0.2, 0.25) is 0 Å². The third kappa shape index (κ3) is 6.82. The first-order valence-electron chi connectivity index (χ1n) is 9.95. The number of alkyl halides is 1. The van der Waals surface area contributed by atoms with Crippen LogP contribution in [0, 0.1) is 11.6 Å². The van der Waals surface area contributed by atoms with E-state index >= 15 is 0 Å². The van der Waals surface area contributed by atoms with E-state index in [1.54, 1.807) is 13.1 Å². The lowest BCUT2D eigenvalue weighted by Crippen LogP contribution is -2.22. The van der Waals surface area contributed by atoms with Gasteiger partial charge in [-0.25, -0.2) is 13.2 Å². The van der Waals surface area contributed by atoms with Gasteiger partial charge in [-0.15, -0.1) is 0 Å². The summed E-state index contributed by atoms with van der Waals surface area (Å²) in [6.07, 6.45) is 7.23. The molecular weight excluding hydrogens is 337 g/mol. The summed E-state index contributed by atoms with van der Waals surface area (Å²) < 4.78 is 40.5. The molecule has 150 valence electrons. The zero-order valence-electron chi connectivity index (χ0n) is 16.8. The molecule has 1 aromatic carbocycles. The number of halogens is 3. The van der Waals surface area contributed by atoms with Gasteiger partial charge in [-0.1, -0.05) is 39.5 Å². The monoisotopic (exact) mass is 372 g/mol. The molecule has 0 amide bonds. The van der Waals surface area contributed by atoms with Crippen LogP contribution in [-0.4, -0.2) is 26.8 Å². The Morgan fingerprint density at radius 2 is 1.69 bits per heavy atom. The van der Waals surface area contributed by atoms with Crippen LogP contribution in [-0.2, 0) is 13.0 Å². The summed E-state index contributed by atoms with van der Waals surface area (Å²) in [7, 11) is 3.55. The number of aryl methyl sites for hydroxylation is 1. The van der Waals surface area contributed by atoms with E-state index in [2.05, 4.69) is 5.32 Å². The molecule has 1 aliphatic carbocycles. The molecule has 2 rings (SSSR count). The summed E-state index contributed by atoms with van der Waals surface area (Å²) in [5.41, 5.74) is 1.71. The van der Waals surface area contributed by atoms with Crippen LogP contribution in [0.4, 0.5) is 18.9 Å². The normalized spacial score (nSPS) is 14.7. The van der Waals surface area contributed by atoms with Crippen LogP contribution in [0.15, 0.2) is 6.07 Å². The molecule has 0 aliphatic heterocycles. The minimum Gasteiger partial charge on any atom is -0.372 e. The summed E-state index contributed by atoms with van der Waals surface area (Å²) in [6, 6.07) is 1.79. The fraction of sp³-hybridized carbons (Fsp3) is 0.714. The molecule has 26 heavy (non-hydrogen) atoms. The van der Waals surface area contributed by atoms with Gasteiger partial charge in [0.25, 0.3) is 0 Å². The first-order chi connectivity index (χ1) is 12.5. The summed E-state index contributed by atoms with van der Waals surface area (Å²) in [6.45, 7) is 5.14. The van der Waals surface area contributed by atoms with Crippen molar-refractivity contribution in [1.29, 1.82) is 0 Å². The van der Waals surface area contributed by atoms with Crippen molar-refractivity contribution in [1.82, 2.24) is 5.32 Å². The fourth-order valence-corrected chi connectivity index (χ4v) is 3.42. The Labute approximate surface area is 157 Å². The number of nitrogens with zero attached hydrogens (tertiary/aromatic N) is 1. The second-order valence-electron chi connectivity index (χ2n) is 7.11. The number of anilines is 1. The van der Waals surface area contributed by atoms with Gasteiger partial charge in [0.05, 0.1) is 5.69 Å². The standard InChI is InChI=1S/C15H24F2N2.C6H11F/c1-5-7-11-9-12(10-18-3)13(16)14(17)15(11)19(4)8-6-2;7-6-4-2-1-3-5-6/h9,18H,5-8,10H2,1-4H3;6H,1-5H2. The Hall–Kier alpha value is -1.23. The van der Waals surface area contributed by atoms with Crippen molar-refractivity contribution < 1.29 is 13.2 Å². The maximum absolute atomic E-state index is 14.3. The number of benzene rings is 1. The Bertz CT molecular complexity index is 528. The molecule has 0 heterocycles. The van der Waals surface area contributed by atoms with E-state index in [0.29, 0.717) is 17.8 Å². The largest absolute Gasteiger partial charge is 0.372 e. The van der Waals surface area contributed by atoms with Crippen LogP contribution in [0.1, 0.15) is 69.9 Å². The zero-order chi connectivity index (χ0) is 19.5. The third-order valence-electron chi connectivity index (χ3n) is 4.70. The highest BCUT2D eigenvalue weighted by Crippen LogP contribution is 2.29. The number of nitrogens with one attached hydrogen (secondary N) is 1. The molecule has 0 spiro atoms. The lowest BCUT2D eigenvalue weighted by Gasteiger charge is -2.24. The zero-order valence-corrected chi connectivity index (χ0v) is 16.8. The molecule has 0 atom stereocenters. The summed E-state index contributed by atoms with van der Waals surface area (Å²) >= 11 is 0. The lowest BCUT2D eigenvalue weighted by atomic mass is 9.99. The Morgan fingerprint density at radius 3 is 2.15 bits per heavy atom. The smallest absolute Gasteiger partial charge is 0.182 e. The molecule has 1 N–H and O–H groups in total. The van der Waals surface area contributed by atoms with Gasteiger partial charge in [-0.2, -0.15) is 0 Å². The van der Waals surface area contributed by atoms with Gasteiger partial charge in [0, 0.05) is 25.7 Å². The van der Waals surface area contributed by atoms with Gasteiger partial charge in [0.2, 0.25) is 0 Å². The minimum atomic E-state index is -0.729. The molecule has 1 aliphatic rings. The van der Waals surface area contributed by atoms with Crippen LogP contribution in [0.3, 0.4) is 0 Å². The van der Waals surface area contributed by atoms with E-state index in [1.807, 2.05) is 25.8 Å². The van der Waals surface area contributed by atoms with Crippen molar-refractivity contribution >= 4 is 5.69 Å². The highest BCUT2D eigenvalue weighted by atomic mass is 19.2. The Kier molecular flexibility index (Phi) is 10.7. The molecule has 0 saturated heterocycles. The maximum atomic E-state index is 14.3. The molecule has 2 nitrogen and oxygen atoms in total. The Balaban J connectivity index is 0.000000401. The van der Waals surface area contributed by atoms with Crippen molar-refractivity contribution in [2.75, 3.05) is 25.5 Å². The van der Waals surface area contributed by atoms with Gasteiger partial charge < -0.3 is 10.2 Å². The van der Waals surface area contributed by atoms with Crippen LogP contribution >= 0.6 is 0 Å². The molecule has 5 heteroatoms. The second-order valence-corrected chi connectivity index (χ2v) is 7.11. The maximum Gasteiger partial charge on any atom is 0.182 e. The lowest BCUT2D eigenvalue weighted by molar-refractivity contribution is 0.251. The molecule has 0 unspecified atom stereocenters. The summed E-state index contributed by atoms with van der Waals surface area (Å²) in [4.78, 5) is 1.81. The van der Waals surface area contributed by atoms with Crippen LogP contribution < -0.4 is 10.2 Å². The van der Waals surface area contributed by atoms with E-state index in [4.69, 9.17) is 0 Å². The first kappa shape index (κ1) is 22.8. The molecule has 1 aromatic rings. The van der Waals surface area contributed by atoms with Crippen molar-refractivity contribution in [3.63, 3.8) is 0 Å². The van der Waals surface area contributed by atoms with Gasteiger partial charge in [-0.05, 0) is 44.4 Å². The second kappa shape index (κ2) is 12.2. The first-order valence-corrected chi connectivity index (χ1v) is 9.95. The van der Waals surface area contributed by atoms with Crippen molar-refractivity contribution in [2.24, 2.45) is 0 Å². The van der Waals surface area contributed by atoms with Crippen LogP contribution in [0.25, 0.3) is 0 Å². The van der Waals surface area contributed by atoms with E-state index in [0.717, 1.165) is 57.1 Å². The number of rotatable bonds is 7. The minimum absolute atomic E-state index is 0.344. The molecular formula is C21H35F3N2. The van der Waals surface area contributed by atoms with Gasteiger partial charge in [-0.3, -0.25) is 0 Å². The van der Waals surface area contributed by atoms with Crippen molar-refractivity contribution in [3.8, 4) is 0 Å². The van der Waals surface area contributed by atoms with Crippen molar-refractivity contribution in [3.05, 3.63) is 28.8 Å². The topological polar surface area (TPSA) is 15.3 Å². The molecule has 0 radical (unpaired) electrons. The molecule has 1 saturated carbocycles. The van der Waals surface area contributed by atoms with E-state index in [-0.39, 0.29) is 0 Å². The third-order valence-corrected chi connectivity index (χ3v) is 4.70. The van der Waals surface area contributed by atoms with Crippen LogP contribution in [0.5, 0.6) is 0 Å². The average molecular weight is 373 g/mol. The van der Waals surface area contributed by atoms with Gasteiger partial charge in [0.15, 0.2) is 11.6 Å². The average Bonchev–Trinajstić information content (AvgIpc) is 2.61. The Morgan fingerprint density at radius 1 is 1.04 bits per heavy atom. The molecule has 0 bridgehead atoms. The molecule has 1 fully saturated rings. The summed E-state index contributed by atoms with van der Waals surface area (Å²) in [5, 5.41) is 2.87. The van der Waals surface area contributed by atoms with E-state index in [1.165, 1.54) is 6.42 Å². The van der Waals surface area contributed by atoms with E-state index in [9.17, 15) is 13.2 Å². The predicted molar refractivity (Wildman–Crippen MR) is 105 cm³/mol. The highest BCUT2D eigenvalue weighted by Gasteiger charge is 2.20. The van der Waals surface area contributed by atoms with E-state index < -0.39 is 17.8 Å².